The molecule has 0 saturated carbocycles. The van der Waals surface area contributed by atoms with Crippen molar-refractivity contribution in [1.29, 1.82) is 0 Å². The summed E-state index contributed by atoms with van der Waals surface area (Å²) in [5.41, 5.74) is 0.196. The summed E-state index contributed by atoms with van der Waals surface area (Å²) in [5, 5.41) is 3.44. The van der Waals surface area contributed by atoms with Crippen molar-refractivity contribution < 1.29 is 22.7 Å². The number of aromatic nitrogens is 2. The Hall–Kier alpha value is -2.45. The Balaban J connectivity index is 1.55. The van der Waals surface area contributed by atoms with Gasteiger partial charge in [0.25, 0.3) is 5.91 Å². The lowest BCUT2D eigenvalue weighted by Gasteiger charge is -2.15. The molecule has 10 heteroatoms. The van der Waals surface area contributed by atoms with Gasteiger partial charge in [-0.3, -0.25) is 4.79 Å². The van der Waals surface area contributed by atoms with E-state index in [0.29, 0.717) is 33.6 Å². The standard InChI is InChI=1S/C19H16Cl2F3N3O2/c1-11(29-16-4-3-13(20)8-15(16)21)18(28)25-7-6-14-10-27-9-12(19(22,23)24)2-5-17(27)26-14/h2-5,8-11H,6-7H2,1H3,(H,25,28). The Morgan fingerprint density at radius 1 is 1.24 bits per heavy atom. The number of benzene rings is 1. The van der Waals surface area contributed by atoms with Gasteiger partial charge in [-0.25, -0.2) is 4.98 Å². The van der Waals surface area contributed by atoms with Gasteiger partial charge in [0.2, 0.25) is 0 Å². The van der Waals surface area contributed by atoms with Gasteiger partial charge in [0, 0.05) is 30.4 Å². The molecule has 154 valence electrons. The van der Waals surface area contributed by atoms with Gasteiger partial charge in [-0.05, 0) is 37.3 Å². The van der Waals surface area contributed by atoms with Gasteiger partial charge in [-0.2, -0.15) is 13.2 Å². The van der Waals surface area contributed by atoms with Crippen LogP contribution >= 0.6 is 23.2 Å². The van der Waals surface area contributed by atoms with Gasteiger partial charge < -0.3 is 14.5 Å². The van der Waals surface area contributed by atoms with Crippen molar-refractivity contribution in [1.82, 2.24) is 14.7 Å². The van der Waals surface area contributed by atoms with E-state index in [9.17, 15) is 18.0 Å². The molecule has 0 aliphatic heterocycles. The van der Waals surface area contributed by atoms with E-state index in [0.717, 1.165) is 12.3 Å². The highest BCUT2D eigenvalue weighted by atomic mass is 35.5. The predicted molar refractivity (Wildman–Crippen MR) is 103 cm³/mol. The van der Waals surface area contributed by atoms with E-state index in [4.69, 9.17) is 27.9 Å². The van der Waals surface area contributed by atoms with Gasteiger partial charge >= 0.3 is 6.18 Å². The highest BCUT2D eigenvalue weighted by Gasteiger charge is 2.30. The van der Waals surface area contributed by atoms with Crippen LogP contribution in [0.2, 0.25) is 10.0 Å². The van der Waals surface area contributed by atoms with Crippen LogP contribution in [-0.4, -0.2) is 27.9 Å². The number of nitrogens with one attached hydrogen (secondary N) is 1. The summed E-state index contributed by atoms with van der Waals surface area (Å²) < 4.78 is 45.2. The molecule has 1 aromatic carbocycles. The lowest BCUT2D eigenvalue weighted by Crippen LogP contribution is -2.37. The Bertz CT molecular complexity index is 1040. The molecule has 0 spiro atoms. The molecule has 0 aliphatic carbocycles. The maximum Gasteiger partial charge on any atom is 0.417 e. The van der Waals surface area contributed by atoms with Crippen LogP contribution in [0.4, 0.5) is 13.2 Å². The van der Waals surface area contributed by atoms with Crippen LogP contribution in [0, 0.1) is 0 Å². The lowest BCUT2D eigenvalue weighted by atomic mass is 10.3. The SMILES string of the molecule is CC(Oc1ccc(Cl)cc1Cl)C(=O)NCCc1cn2cc(C(F)(F)F)ccc2n1. The van der Waals surface area contributed by atoms with Crippen molar-refractivity contribution >= 4 is 34.8 Å². The van der Waals surface area contributed by atoms with Crippen LogP contribution < -0.4 is 10.1 Å². The summed E-state index contributed by atoms with van der Waals surface area (Å²) in [6.07, 6.45) is -2.39. The maximum atomic E-state index is 12.8. The lowest BCUT2D eigenvalue weighted by molar-refractivity contribution is -0.137. The zero-order valence-electron chi connectivity index (χ0n) is 15.1. The quantitative estimate of drug-likeness (QED) is 0.593. The number of hydrogen-bond donors (Lipinski definition) is 1. The zero-order valence-corrected chi connectivity index (χ0v) is 16.6. The van der Waals surface area contributed by atoms with Gasteiger partial charge in [-0.1, -0.05) is 23.2 Å². The Morgan fingerprint density at radius 3 is 2.69 bits per heavy atom. The molecule has 0 saturated heterocycles. The molecule has 2 aromatic heterocycles. The number of amides is 1. The molecule has 0 aliphatic rings. The molecule has 1 unspecified atom stereocenters. The van der Waals surface area contributed by atoms with E-state index in [1.165, 1.54) is 22.7 Å². The normalized spacial score (nSPS) is 12.8. The molecule has 3 rings (SSSR count). The molecule has 0 fully saturated rings. The Labute approximate surface area is 174 Å². The average molecular weight is 446 g/mol. The van der Waals surface area contributed by atoms with Crippen LogP contribution in [0.15, 0.2) is 42.7 Å². The fourth-order valence-electron chi connectivity index (χ4n) is 2.60. The van der Waals surface area contributed by atoms with Crippen LogP contribution in [0.1, 0.15) is 18.2 Å². The predicted octanol–water partition coefficient (Wildman–Crippen LogP) is 4.79. The minimum absolute atomic E-state index is 0.247. The van der Waals surface area contributed by atoms with E-state index in [-0.39, 0.29) is 12.5 Å². The number of ether oxygens (including phenoxy) is 1. The van der Waals surface area contributed by atoms with Crippen molar-refractivity contribution in [2.45, 2.75) is 25.6 Å². The maximum absolute atomic E-state index is 12.8. The molecule has 1 N–H and O–H groups in total. The van der Waals surface area contributed by atoms with Crippen LogP contribution in [0.25, 0.3) is 5.65 Å². The monoisotopic (exact) mass is 445 g/mol. The summed E-state index contributed by atoms with van der Waals surface area (Å²) in [5.74, 6) is -0.0290. The van der Waals surface area contributed by atoms with E-state index in [1.54, 1.807) is 19.1 Å². The third-order valence-electron chi connectivity index (χ3n) is 4.08. The minimum Gasteiger partial charge on any atom is -0.479 e. The topological polar surface area (TPSA) is 55.6 Å². The van der Waals surface area contributed by atoms with Crippen molar-refractivity contribution in [3.63, 3.8) is 0 Å². The van der Waals surface area contributed by atoms with E-state index < -0.39 is 17.8 Å². The second-order valence-corrected chi connectivity index (χ2v) is 7.13. The molecule has 29 heavy (non-hydrogen) atoms. The number of nitrogens with zero attached hydrogens (tertiary/aromatic N) is 2. The van der Waals surface area contributed by atoms with Crippen LogP contribution in [-0.2, 0) is 17.4 Å². The van der Waals surface area contributed by atoms with Crippen molar-refractivity contribution in [2.24, 2.45) is 0 Å². The highest BCUT2D eigenvalue weighted by Crippen LogP contribution is 2.29. The number of halogens is 5. The van der Waals surface area contributed by atoms with E-state index in [1.807, 2.05) is 0 Å². The zero-order chi connectivity index (χ0) is 21.2. The third kappa shape index (κ3) is 5.33. The third-order valence-corrected chi connectivity index (χ3v) is 4.61. The van der Waals surface area contributed by atoms with Crippen LogP contribution in [0.5, 0.6) is 5.75 Å². The van der Waals surface area contributed by atoms with Crippen molar-refractivity contribution in [3.8, 4) is 5.75 Å². The van der Waals surface area contributed by atoms with Crippen LogP contribution in [0.3, 0.4) is 0 Å². The van der Waals surface area contributed by atoms with E-state index >= 15 is 0 Å². The number of hydrogen-bond acceptors (Lipinski definition) is 3. The summed E-state index contributed by atoms with van der Waals surface area (Å²) in [7, 11) is 0. The average Bonchev–Trinajstić information content (AvgIpc) is 3.05. The number of carbonyl (C=O) groups excluding carboxylic acids is 1. The second-order valence-electron chi connectivity index (χ2n) is 6.29. The first-order valence-corrected chi connectivity index (χ1v) is 9.33. The fourth-order valence-corrected chi connectivity index (χ4v) is 3.06. The molecular weight excluding hydrogens is 430 g/mol. The highest BCUT2D eigenvalue weighted by molar-refractivity contribution is 6.35. The first kappa shape index (κ1) is 21.3. The number of imidazole rings is 1. The molecule has 1 amide bonds. The fraction of sp³-hybridized carbons (Fsp3) is 0.263. The first-order valence-electron chi connectivity index (χ1n) is 8.58. The number of rotatable bonds is 6. The Kier molecular flexibility index (Phi) is 6.24. The molecular formula is C19H16Cl2F3N3O2. The molecule has 1 atom stereocenters. The molecule has 5 nitrogen and oxygen atoms in total. The smallest absolute Gasteiger partial charge is 0.417 e. The van der Waals surface area contributed by atoms with Gasteiger partial charge in [0.1, 0.15) is 11.4 Å². The summed E-state index contributed by atoms with van der Waals surface area (Å²) >= 11 is 11.8. The van der Waals surface area contributed by atoms with Crippen molar-refractivity contribution in [3.05, 3.63) is 64.0 Å². The number of pyridine rings is 1. The number of fused-ring (bicyclic) bond motifs is 1. The van der Waals surface area contributed by atoms with Gasteiger partial charge in [0.15, 0.2) is 6.10 Å². The number of alkyl halides is 3. The van der Waals surface area contributed by atoms with Gasteiger partial charge in [0.05, 0.1) is 16.3 Å². The van der Waals surface area contributed by atoms with Gasteiger partial charge in [-0.15, -0.1) is 0 Å². The van der Waals surface area contributed by atoms with Crippen molar-refractivity contribution in [2.75, 3.05) is 6.54 Å². The number of carbonyl (C=O) groups is 1. The summed E-state index contributed by atoms with van der Waals surface area (Å²) in [4.78, 5) is 16.4. The summed E-state index contributed by atoms with van der Waals surface area (Å²) in [6, 6.07) is 6.96. The first-order chi connectivity index (χ1) is 13.6. The molecule has 2 heterocycles. The largest absolute Gasteiger partial charge is 0.479 e. The molecule has 0 bridgehead atoms. The summed E-state index contributed by atoms with van der Waals surface area (Å²) in [6.45, 7) is 1.82. The van der Waals surface area contributed by atoms with E-state index in [2.05, 4.69) is 10.3 Å². The Morgan fingerprint density at radius 2 is 2.00 bits per heavy atom. The molecule has 3 aromatic rings. The molecule has 0 radical (unpaired) electrons. The minimum atomic E-state index is -4.42. The second kappa shape index (κ2) is 8.51.